The highest BCUT2D eigenvalue weighted by molar-refractivity contribution is 9.10. The minimum Gasteiger partial charge on any atom is -0.297 e. The van der Waals surface area contributed by atoms with Crippen LogP contribution in [0, 0.1) is 11.3 Å². The van der Waals surface area contributed by atoms with E-state index in [9.17, 15) is 0 Å². The molecule has 2 aliphatic carbocycles. The number of aryl methyl sites for hydroxylation is 1. The molecule has 2 saturated carbocycles. The highest BCUT2D eigenvalue weighted by Crippen LogP contribution is 2.61. The Morgan fingerprint density at radius 3 is 2.06 bits per heavy atom. The minimum atomic E-state index is 0.249. The van der Waals surface area contributed by atoms with Gasteiger partial charge in [0.1, 0.15) is 0 Å². The van der Waals surface area contributed by atoms with Crippen LogP contribution in [-0.4, -0.2) is 17.5 Å². The van der Waals surface area contributed by atoms with Crippen molar-refractivity contribution in [1.82, 2.24) is 4.90 Å². The molecule has 0 N–H and O–H groups in total. The van der Waals surface area contributed by atoms with E-state index in [4.69, 9.17) is 5.26 Å². The van der Waals surface area contributed by atoms with Crippen LogP contribution >= 0.6 is 31.9 Å². The van der Waals surface area contributed by atoms with E-state index in [1.54, 1.807) is 11.6 Å². The van der Waals surface area contributed by atoms with E-state index >= 15 is 0 Å². The van der Waals surface area contributed by atoms with Crippen LogP contribution < -0.4 is 0 Å². The summed E-state index contributed by atoms with van der Waals surface area (Å²) in [5, 5.41) is 7.32. The van der Waals surface area contributed by atoms with Gasteiger partial charge in [-0.05, 0) is 81.2 Å². The molecule has 166 valence electrons. The van der Waals surface area contributed by atoms with Crippen LogP contribution in [0.2, 0.25) is 0 Å². The molecule has 0 aliphatic heterocycles. The molecule has 0 spiro atoms. The van der Waals surface area contributed by atoms with Crippen LogP contribution in [-0.2, 0) is 21.6 Å². The summed E-state index contributed by atoms with van der Waals surface area (Å²) in [7, 11) is 0. The zero-order valence-electron chi connectivity index (χ0n) is 19.0. The van der Waals surface area contributed by atoms with Crippen molar-refractivity contribution in [3.63, 3.8) is 0 Å². The van der Waals surface area contributed by atoms with E-state index in [0.29, 0.717) is 6.04 Å². The Labute approximate surface area is 205 Å². The van der Waals surface area contributed by atoms with E-state index in [0.717, 1.165) is 19.5 Å². The van der Waals surface area contributed by atoms with E-state index in [1.165, 1.54) is 55.7 Å². The summed E-state index contributed by atoms with van der Waals surface area (Å²) in [6.07, 6.45) is 7.44. The van der Waals surface area contributed by atoms with Gasteiger partial charge in [-0.3, -0.25) is 4.90 Å². The summed E-state index contributed by atoms with van der Waals surface area (Å²) >= 11 is 8.01. The number of alkyl halides is 2. The first-order valence-electron chi connectivity index (χ1n) is 11.4. The van der Waals surface area contributed by atoms with Crippen LogP contribution in [0.1, 0.15) is 75.1 Å². The Hall–Kier alpha value is -1.15. The molecule has 0 aromatic heterocycles. The fourth-order valence-electron chi connectivity index (χ4n) is 4.09. The molecule has 0 unspecified atom stereocenters. The highest BCUT2D eigenvalue weighted by Gasteiger charge is 2.49. The van der Waals surface area contributed by atoms with Crippen LogP contribution in [0.4, 0.5) is 0 Å². The summed E-state index contributed by atoms with van der Waals surface area (Å²) in [4.78, 5) is 2.59. The van der Waals surface area contributed by atoms with Crippen molar-refractivity contribution in [3.8, 4) is 6.07 Å². The van der Waals surface area contributed by atoms with Gasteiger partial charge >= 0.3 is 0 Å². The van der Waals surface area contributed by atoms with Crippen molar-refractivity contribution >= 4 is 31.9 Å². The van der Waals surface area contributed by atoms with Crippen molar-refractivity contribution < 1.29 is 0 Å². The molecule has 0 saturated heterocycles. The predicted molar refractivity (Wildman–Crippen MR) is 138 cm³/mol. The lowest BCUT2D eigenvalue weighted by molar-refractivity contribution is 0.210. The number of rotatable bonds is 9. The van der Waals surface area contributed by atoms with Crippen molar-refractivity contribution in [2.45, 2.75) is 80.5 Å². The molecule has 2 aliphatic rings. The summed E-state index contributed by atoms with van der Waals surface area (Å²) < 4.78 is 0.507. The lowest BCUT2D eigenvalue weighted by Crippen LogP contribution is -2.31. The Morgan fingerprint density at radius 2 is 1.52 bits per heavy atom. The second-order valence-corrected chi connectivity index (χ2v) is 12.2. The molecule has 2 nitrogen and oxygen atoms in total. The molecule has 0 radical (unpaired) electrons. The average Bonchev–Trinajstić information content (AvgIpc) is 3.68. The number of nitrogens with zero attached hydrogens (tertiary/aromatic N) is 2. The van der Waals surface area contributed by atoms with Crippen LogP contribution in [0.25, 0.3) is 0 Å². The molecule has 0 atom stereocenters. The summed E-state index contributed by atoms with van der Waals surface area (Å²) in [5.41, 5.74) is 5.97. The number of benzene rings is 2. The van der Waals surface area contributed by atoms with Crippen LogP contribution in [0.3, 0.4) is 0 Å². The van der Waals surface area contributed by atoms with Gasteiger partial charge in [-0.2, -0.15) is 5.26 Å². The molecule has 0 bridgehead atoms. The maximum atomic E-state index is 7.32. The smallest absolute Gasteiger partial charge is 0.0587 e. The molecule has 4 rings (SSSR count). The second-order valence-electron chi connectivity index (χ2n) is 9.19. The van der Waals surface area contributed by atoms with Gasteiger partial charge in [0.05, 0.1) is 14.7 Å². The number of hydrogen-bond donors (Lipinski definition) is 0. The maximum absolute atomic E-state index is 7.32. The number of nitriles is 1. The zero-order valence-corrected chi connectivity index (χ0v) is 22.2. The zero-order chi connectivity index (χ0) is 22.5. The van der Waals surface area contributed by atoms with Crippen LogP contribution in [0.5, 0.6) is 0 Å². The second kappa shape index (κ2) is 10.6. The first-order valence-corrected chi connectivity index (χ1v) is 13.0. The van der Waals surface area contributed by atoms with Crippen LogP contribution in [0.15, 0.2) is 48.5 Å². The first-order chi connectivity index (χ1) is 14.8. The molecule has 2 aromatic carbocycles. The van der Waals surface area contributed by atoms with Gasteiger partial charge in [0, 0.05) is 19.5 Å². The Bertz CT molecular complexity index is 893. The number of halogens is 2. The van der Waals surface area contributed by atoms with Gasteiger partial charge in [-0.1, -0.05) is 80.4 Å². The number of hydrogen-bond acceptors (Lipinski definition) is 2. The monoisotopic (exact) mass is 544 g/mol. The Balaban J connectivity index is 0.000000858. The average molecular weight is 546 g/mol. The maximum Gasteiger partial charge on any atom is 0.0587 e. The third-order valence-electron chi connectivity index (χ3n) is 6.30. The topological polar surface area (TPSA) is 27.0 Å². The Morgan fingerprint density at radius 1 is 0.935 bits per heavy atom. The standard InChI is InChI=1S/C25H31Br2N.C2H3N/c1-19(2)28(18-21-7-4-3-5-8-21)16-6-9-20-10-11-22(24(26)12-13-24)23(17-20)25(27)14-15-25;1-2-3/h3-5,7-8,10-11,17,19H,6,9,12-16,18H2,1-2H3;1H3. The van der Waals surface area contributed by atoms with Gasteiger partial charge in [0.25, 0.3) is 0 Å². The lowest BCUT2D eigenvalue weighted by Gasteiger charge is -2.26. The molecule has 31 heavy (non-hydrogen) atoms. The van der Waals surface area contributed by atoms with Gasteiger partial charge in [0.2, 0.25) is 0 Å². The van der Waals surface area contributed by atoms with Gasteiger partial charge < -0.3 is 0 Å². The summed E-state index contributed by atoms with van der Waals surface area (Å²) in [6.45, 7) is 8.23. The largest absolute Gasteiger partial charge is 0.297 e. The molecular formula is C27H34Br2N2. The summed E-state index contributed by atoms with van der Waals surface area (Å²) in [6, 6.07) is 20.4. The quantitative estimate of drug-likeness (QED) is 0.300. The summed E-state index contributed by atoms with van der Waals surface area (Å²) in [5.74, 6) is 0. The minimum absolute atomic E-state index is 0.249. The molecular weight excluding hydrogens is 512 g/mol. The highest BCUT2D eigenvalue weighted by atomic mass is 79.9. The predicted octanol–water partition coefficient (Wildman–Crippen LogP) is 7.83. The fraction of sp³-hybridized carbons (Fsp3) is 0.519. The molecule has 2 fully saturated rings. The third kappa shape index (κ3) is 6.67. The van der Waals surface area contributed by atoms with E-state index in [1.807, 2.05) is 0 Å². The van der Waals surface area contributed by atoms with E-state index < -0.39 is 0 Å². The van der Waals surface area contributed by atoms with Gasteiger partial charge in [-0.25, -0.2) is 0 Å². The Kier molecular flexibility index (Phi) is 8.41. The first kappa shape index (κ1) is 24.5. The SMILES string of the molecule is CC#N.CC(C)N(CCCc1ccc(C2(Br)CC2)c(C2(Br)CC2)c1)Cc1ccccc1. The lowest BCUT2D eigenvalue weighted by atomic mass is 9.95. The van der Waals surface area contributed by atoms with Gasteiger partial charge in [-0.15, -0.1) is 0 Å². The van der Waals surface area contributed by atoms with Crippen molar-refractivity contribution in [3.05, 3.63) is 70.8 Å². The van der Waals surface area contributed by atoms with E-state index in [2.05, 4.69) is 99.1 Å². The molecule has 2 aromatic rings. The molecule has 0 heterocycles. The third-order valence-corrected chi connectivity index (χ3v) is 8.74. The van der Waals surface area contributed by atoms with Crippen molar-refractivity contribution in [1.29, 1.82) is 5.26 Å². The van der Waals surface area contributed by atoms with Gasteiger partial charge in [0.15, 0.2) is 0 Å². The molecule has 4 heteroatoms. The van der Waals surface area contributed by atoms with E-state index in [-0.39, 0.29) is 8.65 Å². The van der Waals surface area contributed by atoms with Crippen molar-refractivity contribution in [2.75, 3.05) is 6.54 Å². The normalized spacial score (nSPS) is 17.6. The molecule has 0 amide bonds. The van der Waals surface area contributed by atoms with Crippen molar-refractivity contribution in [2.24, 2.45) is 0 Å². The fourth-order valence-corrected chi connectivity index (χ4v) is 5.16.